The number of nitrogens with two attached hydrogens (primary N) is 2. The minimum Gasteiger partial charge on any atom is -0.478 e. The largest absolute Gasteiger partial charge is 0.478 e. The smallest absolute Gasteiger partial charge is 0.328 e. The van der Waals surface area contributed by atoms with Crippen LogP contribution in [0.4, 0.5) is 5.82 Å². The van der Waals surface area contributed by atoms with Crippen molar-refractivity contribution in [3.63, 3.8) is 0 Å². The van der Waals surface area contributed by atoms with E-state index in [-0.39, 0.29) is 17.4 Å². The van der Waals surface area contributed by atoms with E-state index in [0.717, 1.165) is 24.8 Å². The Morgan fingerprint density at radius 2 is 1.82 bits per heavy atom. The second kappa shape index (κ2) is 9.58. The predicted octanol–water partition coefficient (Wildman–Crippen LogP) is 2.91. The molecule has 0 aliphatic carbocycles. The summed E-state index contributed by atoms with van der Waals surface area (Å²) >= 11 is 0. The minimum absolute atomic E-state index is 0.0456. The van der Waals surface area contributed by atoms with Crippen LogP contribution in [0, 0.1) is 0 Å². The molecule has 0 saturated carbocycles. The molecular weight excluding hydrogens is 422 g/mol. The van der Waals surface area contributed by atoms with Crippen molar-refractivity contribution in [2.24, 2.45) is 5.73 Å². The first kappa shape index (κ1) is 22.1. The molecule has 4 rings (SSSR count). The van der Waals surface area contributed by atoms with Crippen molar-refractivity contribution in [1.82, 2.24) is 14.7 Å². The van der Waals surface area contributed by atoms with E-state index in [1.807, 2.05) is 42.5 Å². The van der Waals surface area contributed by atoms with Crippen LogP contribution < -0.4 is 16.2 Å². The number of carbonyl (C=O) groups excluding carboxylic acids is 1. The highest BCUT2D eigenvalue weighted by Gasteiger charge is 2.29. The molecule has 5 N–H and O–H groups in total. The molecule has 0 radical (unpaired) electrons. The molecule has 9 nitrogen and oxygen atoms in total. The fourth-order valence-corrected chi connectivity index (χ4v) is 3.96. The molecule has 2 aromatic carbocycles. The Labute approximate surface area is 190 Å². The summed E-state index contributed by atoms with van der Waals surface area (Å²) in [7, 11) is 0. The van der Waals surface area contributed by atoms with Gasteiger partial charge in [0.25, 0.3) is 5.91 Å². The Kier molecular flexibility index (Phi) is 6.41. The number of hydrogen-bond donors (Lipinski definition) is 3. The van der Waals surface area contributed by atoms with Crippen LogP contribution in [-0.4, -0.2) is 51.3 Å². The summed E-state index contributed by atoms with van der Waals surface area (Å²) in [5.74, 6) is -0.00921. The van der Waals surface area contributed by atoms with Crippen LogP contribution in [0.1, 0.15) is 22.8 Å². The first-order valence-electron chi connectivity index (χ1n) is 10.6. The molecule has 1 aliphatic rings. The highest BCUT2D eigenvalue weighted by molar-refractivity contribution is 6.03. The number of carbonyl (C=O) groups is 2. The maximum Gasteiger partial charge on any atom is 0.328 e. The van der Waals surface area contributed by atoms with Gasteiger partial charge in [-0.25, -0.2) is 9.48 Å². The van der Waals surface area contributed by atoms with Gasteiger partial charge in [0, 0.05) is 31.3 Å². The molecule has 0 bridgehead atoms. The number of rotatable bonds is 8. The molecule has 1 fully saturated rings. The van der Waals surface area contributed by atoms with Gasteiger partial charge >= 0.3 is 5.97 Å². The zero-order valence-corrected chi connectivity index (χ0v) is 17.9. The van der Waals surface area contributed by atoms with Gasteiger partial charge in [-0.2, -0.15) is 5.10 Å². The molecule has 3 aromatic rings. The lowest BCUT2D eigenvalue weighted by molar-refractivity contribution is -0.131. The van der Waals surface area contributed by atoms with Gasteiger partial charge in [-0.3, -0.25) is 9.69 Å². The lowest BCUT2D eigenvalue weighted by Gasteiger charge is -2.15. The number of aliphatic carboxylic acids is 1. The number of carboxylic acid groups (broad SMARTS) is 1. The van der Waals surface area contributed by atoms with Gasteiger partial charge in [-0.1, -0.05) is 24.3 Å². The fraction of sp³-hybridized carbons (Fsp3) is 0.208. The van der Waals surface area contributed by atoms with E-state index in [9.17, 15) is 9.59 Å². The molecule has 1 saturated heterocycles. The maximum absolute atomic E-state index is 12.2. The summed E-state index contributed by atoms with van der Waals surface area (Å²) in [6.45, 7) is 1.92. The Hall–Kier alpha value is -4.11. The lowest BCUT2D eigenvalue weighted by atomic mass is 10.1. The normalized spacial score (nSPS) is 16.3. The summed E-state index contributed by atoms with van der Waals surface area (Å²) in [5, 5.41) is 13.4. The fourth-order valence-electron chi connectivity index (χ4n) is 3.96. The van der Waals surface area contributed by atoms with Crippen molar-refractivity contribution in [3.05, 3.63) is 72.3 Å². The summed E-state index contributed by atoms with van der Waals surface area (Å²) in [6, 6.07) is 16.6. The second-order valence-electron chi connectivity index (χ2n) is 7.80. The average molecular weight is 447 g/mol. The van der Waals surface area contributed by atoms with Gasteiger partial charge in [-0.15, -0.1) is 0 Å². The molecule has 1 amide bonds. The van der Waals surface area contributed by atoms with Crippen LogP contribution in [0.25, 0.3) is 11.3 Å². The highest BCUT2D eigenvalue weighted by Crippen LogP contribution is 2.33. The van der Waals surface area contributed by atoms with Crippen molar-refractivity contribution in [2.75, 3.05) is 25.4 Å². The van der Waals surface area contributed by atoms with Gasteiger partial charge in [0.05, 0.1) is 6.04 Å². The van der Waals surface area contributed by atoms with E-state index in [2.05, 4.69) is 10.00 Å². The number of carboxylic acids is 1. The van der Waals surface area contributed by atoms with Crippen LogP contribution in [0.2, 0.25) is 0 Å². The van der Waals surface area contributed by atoms with Crippen LogP contribution in [-0.2, 0) is 4.79 Å². The van der Waals surface area contributed by atoms with Gasteiger partial charge in [-0.05, 0) is 42.8 Å². The summed E-state index contributed by atoms with van der Waals surface area (Å²) in [5.41, 5.74) is 13.3. The lowest BCUT2D eigenvalue weighted by Crippen LogP contribution is -2.23. The quantitative estimate of drug-likeness (QED) is 0.452. The molecular formula is C24H25N5O4. The zero-order chi connectivity index (χ0) is 23.4. The SMILES string of the molecule is NC(=O)c1c(-c2ccc(Oc3ccccc3)cc2)nn(C2CCN(CC=CC(=O)O)C2)c1N. The Balaban J connectivity index is 1.55. The molecule has 170 valence electrons. The number of likely N-dealkylation sites (tertiary alicyclic amines) is 1. The van der Waals surface area contributed by atoms with Gasteiger partial charge in [0.2, 0.25) is 0 Å². The van der Waals surface area contributed by atoms with E-state index < -0.39 is 11.9 Å². The third kappa shape index (κ3) is 5.04. The predicted molar refractivity (Wildman–Crippen MR) is 124 cm³/mol. The summed E-state index contributed by atoms with van der Waals surface area (Å²) in [4.78, 5) is 25.0. The number of nitrogens with zero attached hydrogens (tertiary/aromatic N) is 3. The standard InChI is InChI=1S/C24H25N5O4/c25-23-21(24(26)32)22(16-8-10-19(11-9-16)33-18-5-2-1-3-6-18)27-29(23)17-12-14-28(15-17)13-4-7-20(30)31/h1-11,17H,12-15,25H2,(H2,26,32)(H,30,31). The zero-order valence-electron chi connectivity index (χ0n) is 17.9. The van der Waals surface area contributed by atoms with E-state index in [1.165, 1.54) is 0 Å². The number of aromatic nitrogens is 2. The molecule has 1 atom stereocenters. The van der Waals surface area contributed by atoms with Crippen molar-refractivity contribution in [3.8, 4) is 22.8 Å². The van der Waals surface area contributed by atoms with Crippen LogP contribution in [0.3, 0.4) is 0 Å². The van der Waals surface area contributed by atoms with Crippen molar-refractivity contribution < 1.29 is 19.4 Å². The van der Waals surface area contributed by atoms with Crippen molar-refractivity contribution in [1.29, 1.82) is 0 Å². The van der Waals surface area contributed by atoms with E-state index >= 15 is 0 Å². The van der Waals surface area contributed by atoms with E-state index in [1.54, 1.807) is 22.9 Å². The summed E-state index contributed by atoms with van der Waals surface area (Å²) in [6.07, 6.45) is 3.51. The van der Waals surface area contributed by atoms with Crippen LogP contribution >= 0.6 is 0 Å². The molecule has 0 spiro atoms. The van der Waals surface area contributed by atoms with Crippen molar-refractivity contribution >= 4 is 17.7 Å². The third-order valence-corrected chi connectivity index (χ3v) is 5.52. The first-order valence-corrected chi connectivity index (χ1v) is 10.6. The number of hydrogen-bond acceptors (Lipinski definition) is 6. The number of ether oxygens (including phenoxy) is 1. The van der Waals surface area contributed by atoms with Crippen molar-refractivity contribution in [2.45, 2.75) is 12.5 Å². The van der Waals surface area contributed by atoms with E-state index in [4.69, 9.17) is 21.3 Å². The van der Waals surface area contributed by atoms with Crippen LogP contribution in [0.15, 0.2) is 66.7 Å². The number of amides is 1. The molecule has 1 unspecified atom stereocenters. The van der Waals surface area contributed by atoms with Gasteiger partial charge < -0.3 is 21.3 Å². The number of para-hydroxylation sites is 1. The summed E-state index contributed by atoms with van der Waals surface area (Å²) < 4.78 is 7.48. The molecule has 1 aliphatic heterocycles. The van der Waals surface area contributed by atoms with E-state index in [0.29, 0.717) is 30.1 Å². The maximum atomic E-state index is 12.2. The number of benzene rings is 2. The topological polar surface area (TPSA) is 137 Å². The highest BCUT2D eigenvalue weighted by atomic mass is 16.5. The molecule has 1 aromatic heterocycles. The second-order valence-corrected chi connectivity index (χ2v) is 7.80. The average Bonchev–Trinajstić information content (AvgIpc) is 3.39. The Morgan fingerprint density at radius 3 is 2.48 bits per heavy atom. The molecule has 9 heteroatoms. The number of anilines is 1. The number of primary amides is 1. The van der Waals surface area contributed by atoms with Crippen LogP contribution in [0.5, 0.6) is 11.5 Å². The number of nitrogen functional groups attached to an aromatic ring is 1. The third-order valence-electron chi connectivity index (χ3n) is 5.52. The first-order chi connectivity index (χ1) is 15.9. The van der Waals surface area contributed by atoms with Gasteiger partial charge in [0.1, 0.15) is 28.6 Å². The molecule has 33 heavy (non-hydrogen) atoms. The Morgan fingerprint density at radius 1 is 1.12 bits per heavy atom. The minimum atomic E-state index is -0.974. The Bertz CT molecular complexity index is 1170. The monoisotopic (exact) mass is 447 g/mol. The molecule has 2 heterocycles. The van der Waals surface area contributed by atoms with Gasteiger partial charge in [0.15, 0.2) is 0 Å².